The van der Waals surface area contributed by atoms with Crippen LogP contribution >= 0.6 is 0 Å². The number of benzene rings is 1. The lowest BCUT2D eigenvalue weighted by atomic mass is 10.0. The zero-order chi connectivity index (χ0) is 12.3. The number of likely N-dealkylation sites (tertiary alicyclic amines) is 1. The summed E-state index contributed by atoms with van der Waals surface area (Å²) in [5.74, 6) is 0.144. The molecule has 92 valence electrons. The highest BCUT2D eigenvalue weighted by Gasteiger charge is 2.25. The molecule has 17 heavy (non-hydrogen) atoms. The first-order chi connectivity index (χ1) is 8.18. The summed E-state index contributed by atoms with van der Waals surface area (Å²) in [6.45, 7) is 3.80. The van der Waals surface area contributed by atoms with Crippen molar-refractivity contribution >= 4 is 11.6 Å². The molecule has 2 rings (SSSR count). The first kappa shape index (κ1) is 12.1. The number of hydrogen-bond donors (Lipinski definition) is 0. The first-order valence-corrected chi connectivity index (χ1v) is 6.22. The molecule has 1 heterocycles. The van der Waals surface area contributed by atoms with Crippen molar-refractivity contribution in [1.82, 2.24) is 4.90 Å². The van der Waals surface area contributed by atoms with Crippen LogP contribution in [0.3, 0.4) is 0 Å². The van der Waals surface area contributed by atoms with E-state index in [4.69, 9.17) is 0 Å². The van der Waals surface area contributed by atoms with Gasteiger partial charge in [0.2, 0.25) is 5.91 Å². The number of carbonyl (C=O) groups is 1. The molecule has 1 amide bonds. The van der Waals surface area contributed by atoms with Gasteiger partial charge in [-0.25, -0.2) is 0 Å². The highest BCUT2D eigenvalue weighted by Crippen LogP contribution is 2.23. The molecule has 0 aromatic heterocycles. The van der Waals surface area contributed by atoms with Crippen molar-refractivity contribution in [2.75, 3.05) is 25.0 Å². The van der Waals surface area contributed by atoms with E-state index < -0.39 is 0 Å². The maximum Gasteiger partial charge on any atom is 0.224 e. The Labute approximate surface area is 103 Å². The van der Waals surface area contributed by atoms with Crippen LogP contribution in [0.1, 0.15) is 19.8 Å². The maximum atomic E-state index is 11.8. The average molecular weight is 232 g/mol. The smallest absolute Gasteiger partial charge is 0.224 e. The highest BCUT2D eigenvalue weighted by molar-refractivity contribution is 5.92. The SMILES string of the molecule is CC(=O)N(c1ccccc1)C1CCN(C)CC1. The summed E-state index contributed by atoms with van der Waals surface area (Å²) in [5, 5.41) is 0. The minimum absolute atomic E-state index is 0.144. The van der Waals surface area contributed by atoms with Crippen LogP contribution in [-0.4, -0.2) is 37.0 Å². The van der Waals surface area contributed by atoms with Crippen LogP contribution in [0.5, 0.6) is 0 Å². The van der Waals surface area contributed by atoms with Crippen molar-refractivity contribution in [2.24, 2.45) is 0 Å². The van der Waals surface area contributed by atoms with Gasteiger partial charge in [0.05, 0.1) is 0 Å². The van der Waals surface area contributed by atoms with Gasteiger partial charge >= 0.3 is 0 Å². The lowest BCUT2D eigenvalue weighted by molar-refractivity contribution is -0.117. The Hall–Kier alpha value is -1.35. The summed E-state index contributed by atoms with van der Waals surface area (Å²) >= 11 is 0. The number of amides is 1. The number of carbonyl (C=O) groups excluding carboxylic acids is 1. The third-order valence-electron chi connectivity index (χ3n) is 3.43. The molecule has 1 aliphatic heterocycles. The molecule has 0 bridgehead atoms. The lowest BCUT2D eigenvalue weighted by Gasteiger charge is -2.36. The van der Waals surface area contributed by atoms with Crippen LogP contribution in [0.15, 0.2) is 30.3 Å². The largest absolute Gasteiger partial charge is 0.310 e. The molecule has 1 aliphatic rings. The van der Waals surface area contributed by atoms with Gasteiger partial charge in [-0.05, 0) is 45.1 Å². The summed E-state index contributed by atoms with van der Waals surface area (Å²) in [5.41, 5.74) is 1.02. The molecule has 0 saturated carbocycles. The molecule has 0 atom stereocenters. The van der Waals surface area contributed by atoms with Crippen LogP contribution in [0, 0.1) is 0 Å². The fourth-order valence-corrected chi connectivity index (χ4v) is 2.49. The monoisotopic (exact) mass is 232 g/mol. The van der Waals surface area contributed by atoms with E-state index in [-0.39, 0.29) is 5.91 Å². The molecule has 3 nitrogen and oxygen atoms in total. The minimum atomic E-state index is 0.144. The van der Waals surface area contributed by atoms with Crippen LogP contribution in [-0.2, 0) is 4.79 Å². The van der Waals surface area contributed by atoms with E-state index in [2.05, 4.69) is 11.9 Å². The molecule has 1 saturated heterocycles. The topological polar surface area (TPSA) is 23.6 Å². The minimum Gasteiger partial charge on any atom is -0.310 e. The summed E-state index contributed by atoms with van der Waals surface area (Å²) in [4.78, 5) is 16.1. The molecule has 1 aromatic carbocycles. The van der Waals surface area contributed by atoms with Gasteiger partial charge in [0.25, 0.3) is 0 Å². The van der Waals surface area contributed by atoms with Crippen molar-refractivity contribution in [1.29, 1.82) is 0 Å². The predicted molar refractivity (Wildman–Crippen MR) is 70.1 cm³/mol. The molecular weight excluding hydrogens is 212 g/mol. The number of anilines is 1. The Balaban J connectivity index is 2.16. The molecule has 0 aliphatic carbocycles. The second kappa shape index (κ2) is 5.32. The average Bonchev–Trinajstić information content (AvgIpc) is 2.33. The van der Waals surface area contributed by atoms with Crippen LogP contribution < -0.4 is 4.90 Å². The highest BCUT2D eigenvalue weighted by atomic mass is 16.2. The van der Waals surface area contributed by atoms with E-state index in [0.717, 1.165) is 31.6 Å². The van der Waals surface area contributed by atoms with Gasteiger partial charge in [0.1, 0.15) is 0 Å². The van der Waals surface area contributed by atoms with E-state index in [9.17, 15) is 4.79 Å². The van der Waals surface area contributed by atoms with E-state index >= 15 is 0 Å². The molecule has 0 unspecified atom stereocenters. The second-order valence-corrected chi connectivity index (χ2v) is 4.76. The Morgan fingerprint density at radius 1 is 1.24 bits per heavy atom. The summed E-state index contributed by atoms with van der Waals surface area (Å²) in [7, 11) is 2.14. The molecule has 1 aromatic rings. The number of piperidine rings is 1. The Morgan fingerprint density at radius 2 is 1.82 bits per heavy atom. The maximum absolute atomic E-state index is 11.8. The van der Waals surface area contributed by atoms with Crippen molar-refractivity contribution in [3.8, 4) is 0 Å². The van der Waals surface area contributed by atoms with Gasteiger partial charge in [-0.3, -0.25) is 4.79 Å². The number of nitrogens with zero attached hydrogens (tertiary/aromatic N) is 2. The van der Waals surface area contributed by atoms with Crippen LogP contribution in [0.4, 0.5) is 5.69 Å². The standard InChI is InChI=1S/C14H20N2O/c1-12(17)16(13-6-4-3-5-7-13)14-8-10-15(2)11-9-14/h3-7,14H,8-11H2,1-2H3. The van der Waals surface area contributed by atoms with E-state index in [1.807, 2.05) is 35.2 Å². The van der Waals surface area contributed by atoms with E-state index in [1.165, 1.54) is 0 Å². The zero-order valence-electron chi connectivity index (χ0n) is 10.6. The first-order valence-electron chi connectivity index (χ1n) is 6.22. The third kappa shape index (κ3) is 2.86. The number of para-hydroxylation sites is 1. The van der Waals surface area contributed by atoms with Gasteiger partial charge in [0.15, 0.2) is 0 Å². The van der Waals surface area contributed by atoms with Gasteiger partial charge in [-0.2, -0.15) is 0 Å². The predicted octanol–water partition coefficient (Wildman–Crippen LogP) is 2.13. The van der Waals surface area contributed by atoms with Crippen LogP contribution in [0.25, 0.3) is 0 Å². The summed E-state index contributed by atoms with van der Waals surface area (Å²) in [6, 6.07) is 10.3. The van der Waals surface area contributed by atoms with E-state index in [1.54, 1.807) is 6.92 Å². The molecule has 0 N–H and O–H groups in total. The van der Waals surface area contributed by atoms with Gasteiger partial charge in [0, 0.05) is 18.7 Å². The van der Waals surface area contributed by atoms with Crippen molar-refractivity contribution in [2.45, 2.75) is 25.8 Å². The fourth-order valence-electron chi connectivity index (χ4n) is 2.49. The number of rotatable bonds is 2. The molecule has 0 spiro atoms. The quantitative estimate of drug-likeness (QED) is 0.780. The van der Waals surface area contributed by atoms with Crippen LogP contribution in [0.2, 0.25) is 0 Å². The Kier molecular flexibility index (Phi) is 3.79. The van der Waals surface area contributed by atoms with Crippen molar-refractivity contribution in [3.63, 3.8) is 0 Å². The molecule has 3 heteroatoms. The normalized spacial score (nSPS) is 18.0. The zero-order valence-corrected chi connectivity index (χ0v) is 10.6. The van der Waals surface area contributed by atoms with Gasteiger partial charge in [-0.15, -0.1) is 0 Å². The molecular formula is C14H20N2O. The Bertz CT molecular complexity index is 369. The molecule has 1 fully saturated rings. The second-order valence-electron chi connectivity index (χ2n) is 4.76. The third-order valence-corrected chi connectivity index (χ3v) is 3.43. The van der Waals surface area contributed by atoms with Crippen molar-refractivity contribution < 1.29 is 4.79 Å². The van der Waals surface area contributed by atoms with Crippen molar-refractivity contribution in [3.05, 3.63) is 30.3 Å². The van der Waals surface area contributed by atoms with Gasteiger partial charge in [-0.1, -0.05) is 18.2 Å². The Morgan fingerprint density at radius 3 is 2.35 bits per heavy atom. The van der Waals surface area contributed by atoms with E-state index in [0.29, 0.717) is 6.04 Å². The van der Waals surface area contributed by atoms with Gasteiger partial charge < -0.3 is 9.80 Å². The number of hydrogen-bond acceptors (Lipinski definition) is 2. The lowest BCUT2D eigenvalue weighted by Crippen LogP contribution is -2.46. The summed E-state index contributed by atoms with van der Waals surface area (Å²) < 4.78 is 0. The molecule has 0 radical (unpaired) electrons. The fraction of sp³-hybridized carbons (Fsp3) is 0.500. The summed E-state index contributed by atoms with van der Waals surface area (Å²) in [6.07, 6.45) is 2.12.